The van der Waals surface area contributed by atoms with Gasteiger partial charge in [-0.15, -0.1) is 0 Å². The maximum absolute atomic E-state index is 11.9. The Morgan fingerprint density at radius 3 is 2.50 bits per heavy atom. The highest BCUT2D eigenvalue weighted by molar-refractivity contribution is 14.1. The fourth-order valence-electron chi connectivity index (χ4n) is 1.46. The number of nitrogens with one attached hydrogen (secondary N) is 1. The van der Waals surface area contributed by atoms with Crippen LogP contribution in [0, 0.1) is 9.49 Å². The van der Waals surface area contributed by atoms with E-state index in [0.717, 1.165) is 23.0 Å². The van der Waals surface area contributed by atoms with Crippen LogP contribution < -0.4 is 5.56 Å². The molecule has 0 fully saturated rings. The third kappa shape index (κ3) is 4.57. The van der Waals surface area contributed by atoms with Gasteiger partial charge in [-0.3, -0.25) is 4.79 Å². The summed E-state index contributed by atoms with van der Waals surface area (Å²) in [5.41, 5.74) is 0.782. The Balaban J connectivity index is 2.95. The average molecular weight is 380 g/mol. The van der Waals surface area contributed by atoms with E-state index in [2.05, 4.69) is 67.2 Å². The number of aromatic amines is 1. The van der Waals surface area contributed by atoms with Crippen LogP contribution in [0.25, 0.3) is 0 Å². The topological polar surface area (TPSA) is 45.8 Å². The Labute approximate surface area is 127 Å². The Morgan fingerprint density at radius 2 is 2.00 bits per heavy atom. The van der Waals surface area contributed by atoms with Crippen LogP contribution in [0.3, 0.4) is 0 Å². The van der Waals surface area contributed by atoms with Crippen molar-refractivity contribution >= 4 is 34.4 Å². The lowest BCUT2D eigenvalue weighted by Gasteiger charge is -2.19. The molecule has 0 aliphatic rings. The van der Waals surface area contributed by atoms with Crippen molar-refractivity contribution in [1.29, 1.82) is 0 Å². The predicted octanol–water partition coefficient (Wildman–Crippen LogP) is 3.56. The third-order valence-corrected chi connectivity index (χ3v) is 4.69. The van der Waals surface area contributed by atoms with E-state index in [0.29, 0.717) is 9.49 Å². The Kier molecular flexibility index (Phi) is 5.70. The summed E-state index contributed by atoms with van der Waals surface area (Å²) in [7, 11) is 0. The van der Waals surface area contributed by atoms with Gasteiger partial charge in [0.15, 0.2) is 0 Å². The van der Waals surface area contributed by atoms with Crippen molar-refractivity contribution in [3.8, 4) is 0 Å². The van der Waals surface area contributed by atoms with E-state index in [4.69, 9.17) is 0 Å². The molecule has 3 nitrogen and oxygen atoms in total. The van der Waals surface area contributed by atoms with Crippen LogP contribution in [0.5, 0.6) is 0 Å². The second-order valence-corrected chi connectivity index (χ2v) is 7.94. The molecule has 0 aromatic carbocycles. The van der Waals surface area contributed by atoms with E-state index in [1.807, 2.05) is 11.8 Å². The van der Waals surface area contributed by atoms with Gasteiger partial charge >= 0.3 is 0 Å². The van der Waals surface area contributed by atoms with Crippen LogP contribution in [-0.4, -0.2) is 15.7 Å². The summed E-state index contributed by atoms with van der Waals surface area (Å²) in [4.78, 5) is 19.4. The molecule has 1 aromatic heterocycles. The molecule has 5 heteroatoms. The molecule has 0 bridgehead atoms. The monoisotopic (exact) mass is 380 g/mol. The predicted molar refractivity (Wildman–Crippen MR) is 87.3 cm³/mol. The van der Waals surface area contributed by atoms with Gasteiger partial charge in [0, 0.05) is 5.41 Å². The Hall–Kier alpha value is -0.0400. The van der Waals surface area contributed by atoms with Crippen LogP contribution in [-0.2, 0) is 11.2 Å². The standard InChI is InChI=1S/C13H21IN2OS/c1-8(2)6-18-7-9-15-11(13(3,4)5)10(14)12(17)16-9/h8H,6-7H2,1-5H3,(H,15,16,17). The summed E-state index contributed by atoms with van der Waals surface area (Å²) >= 11 is 3.90. The molecule has 18 heavy (non-hydrogen) atoms. The quantitative estimate of drug-likeness (QED) is 0.813. The lowest BCUT2D eigenvalue weighted by Crippen LogP contribution is -2.25. The summed E-state index contributed by atoms with van der Waals surface area (Å²) in [6.45, 7) is 10.6. The van der Waals surface area contributed by atoms with Crippen LogP contribution >= 0.6 is 34.4 Å². The molecule has 0 radical (unpaired) electrons. The molecular weight excluding hydrogens is 359 g/mol. The molecule has 0 amide bonds. The molecule has 0 saturated heterocycles. The normalized spacial score (nSPS) is 12.2. The van der Waals surface area contributed by atoms with E-state index in [-0.39, 0.29) is 11.0 Å². The molecule has 0 atom stereocenters. The molecule has 0 unspecified atom stereocenters. The number of aromatic nitrogens is 2. The van der Waals surface area contributed by atoms with Gasteiger partial charge in [0.25, 0.3) is 5.56 Å². The van der Waals surface area contributed by atoms with Gasteiger partial charge in [-0.05, 0) is 34.3 Å². The highest BCUT2D eigenvalue weighted by atomic mass is 127. The van der Waals surface area contributed by atoms with Crippen molar-refractivity contribution in [2.75, 3.05) is 5.75 Å². The minimum atomic E-state index is -0.0950. The molecule has 1 N–H and O–H groups in total. The zero-order chi connectivity index (χ0) is 13.9. The summed E-state index contributed by atoms with van der Waals surface area (Å²) in [5, 5.41) is 0. The van der Waals surface area contributed by atoms with Crippen LogP contribution in [0.2, 0.25) is 0 Å². The molecule has 1 rings (SSSR count). The van der Waals surface area contributed by atoms with Gasteiger partial charge in [-0.2, -0.15) is 11.8 Å². The van der Waals surface area contributed by atoms with Crippen molar-refractivity contribution < 1.29 is 0 Å². The minimum Gasteiger partial charge on any atom is -0.309 e. The van der Waals surface area contributed by atoms with Crippen LogP contribution in [0.4, 0.5) is 0 Å². The lowest BCUT2D eigenvalue weighted by atomic mass is 9.92. The van der Waals surface area contributed by atoms with Gasteiger partial charge in [0.05, 0.1) is 11.4 Å². The first-order valence-corrected chi connectivity index (χ1v) is 8.32. The van der Waals surface area contributed by atoms with E-state index in [1.165, 1.54) is 0 Å². The molecule has 1 aromatic rings. The fourth-order valence-corrected chi connectivity index (χ4v) is 3.45. The summed E-state index contributed by atoms with van der Waals surface area (Å²) in [6, 6.07) is 0. The summed E-state index contributed by atoms with van der Waals surface area (Å²) in [5.74, 6) is 3.30. The minimum absolute atomic E-state index is 0.0179. The smallest absolute Gasteiger partial charge is 0.264 e. The molecule has 102 valence electrons. The zero-order valence-corrected chi connectivity index (χ0v) is 14.6. The maximum Gasteiger partial charge on any atom is 0.264 e. The second kappa shape index (κ2) is 6.41. The zero-order valence-electron chi connectivity index (χ0n) is 11.6. The SMILES string of the molecule is CC(C)CSCc1nc(C(C)(C)C)c(I)c(=O)[nH]1. The van der Waals surface area contributed by atoms with Crippen molar-refractivity contribution in [3.05, 3.63) is 25.4 Å². The van der Waals surface area contributed by atoms with Crippen molar-refractivity contribution in [1.82, 2.24) is 9.97 Å². The number of halogens is 1. The van der Waals surface area contributed by atoms with Crippen molar-refractivity contribution in [3.63, 3.8) is 0 Å². The van der Waals surface area contributed by atoms with E-state index >= 15 is 0 Å². The van der Waals surface area contributed by atoms with E-state index in [1.54, 1.807) is 0 Å². The number of thioether (sulfide) groups is 1. The number of H-pyrrole nitrogens is 1. The Bertz CT molecular complexity index is 463. The first-order valence-electron chi connectivity index (χ1n) is 6.08. The maximum atomic E-state index is 11.9. The average Bonchev–Trinajstić information content (AvgIpc) is 2.20. The van der Waals surface area contributed by atoms with Gasteiger partial charge in [0.2, 0.25) is 0 Å². The van der Waals surface area contributed by atoms with Crippen LogP contribution in [0.15, 0.2) is 4.79 Å². The number of hydrogen-bond donors (Lipinski definition) is 1. The fraction of sp³-hybridized carbons (Fsp3) is 0.692. The number of nitrogens with zero attached hydrogens (tertiary/aromatic N) is 1. The van der Waals surface area contributed by atoms with Crippen molar-refractivity contribution in [2.45, 2.75) is 45.8 Å². The first kappa shape index (κ1) is 16.0. The lowest BCUT2D eigenvalue weighted by molar-refractivity contribution is 0.557. The summed E-state index contributed by atoms with van der Waals surface area (Å²) in [6.07, 6.45) is 0. The summed E-state index contributed by atoms with van der Waals surface area (Å²) < 4.78 is 0.706. The Morgan fingerprint density at radius 1 is 1.39 bits per heavy atom. The number of hydrogen-bond acceptors (Lipinski definition) is 3. The second-order valence-electron chi connectivity index (χ2n) is 5.83. The number of rotatable bonds is 4. The molecule has 1 heterocycles. The van der Waals surface area contributed by atoms with E-state index in [9.17, 15) is 4.79 Å². The van der Waals surface area contributed by atoms with Gasteiger partial charge < -0.3 is 4.98 Å². The van der Waals surface area contributed by atoms with Gasteiger partial charge in [-0.25, -0.2) is 4.98 Å². The highest BCUT2D eigenvalue weighted by Gasteiger charge is 2.21. The third-order valence-electron chi connectivity index (χ3n) is 2.31. The van der Waals surface area contributed by atoms with Crippen molar-refractivity contribution in [2.24, 2.45) is 5.92 Å². The highest BCUT2D eigenvalue weighted by Crippen LogP contribution is 2.23. The molecule has 0 saturated carbocycles. The van der Waals surface area contributed by atoms with Gasteiger partial charge in [-0.1, -0.05) is 34.6 Å². The molecule has 0 aliphatic heterocycles. The first-order chi connectivity index (χ1) is 8.21. The van der Waals surface area contributed by atoms with Gasteiger partial charge in [0.1, 0.15) is 9.39 Å². The molecular formula is C13H21IN2OS. The van der Waals surface area contributed by atoms with Crippen LogP contribution in [0.1, 0.15) is 46.1 Å². The molecule has 0 spiro atoms. The molecule has 0 aliphatic carbocycles. The largest absolute Gasteiger partial charge is 0.309 e. The van der Waals surface area contributed by atoms with E-state index < -0.39 is 0 Å².